The van der Waals surface area contributed by atoms with Gasteiger partial charge in [0.15, 0.2) is 5.78 Å². The van der Waals surface area contributed by atoms with E-state index in [0.717, 1.165) is 28.6 Å². The van der Waals surface area contributed by atoms with Crippen molar-refractivity contribution in [1.82, 2.24) is 14.7 Å². The van der Waals surface area contributed by atoms with Crippen LogP contribution in [0.15, 0.2) is 42.6 Å². The molecule has 2 aliphatic rings. The minimum absolute atomic E-state index is 0.00176. The molecule has 0 saturated carbocycles. The van der Waals surface area contributed by atoms with E-state index in [9.17, 15) is 9.59 Å². The lowest BCUT2D eigenvalue weighted by atomic mass is 9.97. The van der Waals surface area contributed by atoms with Gasteiger partial charge < -0.3 is 14.4 Å². The van der Waals surface area contributed by atoms with Crippen molar-refractivity contribution in [1.29, 1.82) is 0 Å². The highest BCUT2D eigenvalue weighted by Crippen LogP contribution is 2.25. The molecule has 3 heterocycles. The summed E-state index contributed by atoms with van der Waals surface area (Å²) in [6.45, 7) is 5.90. The van der Waals surface area contributed by atoms with Gasteiger partial charge in [-0.2, -0.15) is 5.10 Å². The number of benzene rings is 2. The van der Waals surface area contributed by atoms with Crippen LogP contribution in [-0.4, -0.2) is 65.4 Å². The molecule has 0 aliphatic carbocycles. The number of amides is 1. The van der Waals surface area contributed by atoms with Crippen LogP contribution in [0.25, 0.3) is 10.9 Å². The number of carbonyl (C=O) groups is 2. The van der Waals surface area contributed by atoms with Crippen molar-refractivity contribution in [2.45, 2.75) is 32.4 Å². The summed E-state index contributed by atoms with van der Waals surface area (Å²) in [4.78, 5) is 27.3. The minimum Gasteiger partial charge on any atom is -0.376 e. The number of aromatic nitrogens is 2. The molecule has 1 aromatic heterocycles. The van der Waals surface area contributed by atoms with Crippen LogP contribution in [0.2, 0.25) is 5.02 Å². The van der Waals surface area contributed by atoms with Crippen LogP contribution >= 0.6 is 11.6 Å². The van der Waals surface area contributed by atoms with Crippen LogP contribution in [0.3, 0.4) is 0 Å². The summed E-state index contributed by atoms with van der Waals surface area (Å²) in [5.74, 6) is 0.504. The molecule has 7 nitrogen and oxygen atoms in total. The fourth-order valence-electron chi connectivity index (χ4n) is 4.70. The van der Waals surface area contributed by atoms with E-state index in [-0.39, 0.29) is 17.8 Å². The average molecular weight is 482 g/mol. The van der Waals surface area contributed by atoms with E-state index in [2.05, 4.69) is 0 Å². The van der Waals surface area contributed by atoms with Crippen molar-refractivity contribution >= 4 is 34.2 Å². The molecule has 0 bridgehead atoms. The summed E-state index contributed by atoms with van der Waals surface area (Å²) in [6, 6.07) is 10.8. The Labute approximate surface area is 203 Å². The average Bonchev–Trinajstić information content (AvgIpc) is 3.24. The molecule has 1 amide bonds. The number of fused-ring (bicyclic) bond motifs is 1. The molecule has 2 saturated heterocycles. The fraction of sp³-hybridized carbons (Fsp3) is 0.423. The Balaban J connectivity index is 1.19. The second-order valence-electron chi connectivity index (χ2n) is 9.13. The van der Waals surface area contributed by atoms with Gasteiger partial charge >= 0.3 is 0 Å². The molecular formula is C26H28ClN3O4. The number of hydrogen-bond acceptors (Lipinski definition) is 5. The Hall–Kier alpha value is -2.74. The van der Waals surface area contributed by atoms with Gasteiger partial charge in [0.05, 0.1) is 31.4 Å². The zero-order valence-corrected chi connectivity index (χ0v) is 20.0. The predicted octanol–water partition coefficient (Wildman–Crippen LogP) is 4.15. The van der Waals surface area contributed by atoms with Crippen molar-refractivity contribution in [2.75, 3.05) is 32.9 Å². The lowest BCUT2D eigenvalue weighted by molar-refractivity contribution is -0.0902. The van der Waals surface area contributed by atoms with Gasteiger partial charge in [-0.05, 0) is 55.3 Å². The van der Waals surface area contributed by atoms with Crippen LogP contribution in [0.1, 0.15) is 39.1 Å². The van der Waals surface area contributed by atoms with E-state index in [4.69, 9.17) is 26.2 Å². The van der Waals surface area contributed by atoms with Gasteiger partial charge in [-0.3, -0.25) is 14.3 Å². The van der Waals surface area contributed by atoms with Crippen molar-refractivity contribution in [3.8, 4) is 0 Å². The number of nitrogens with zero attached hydrogens (tertiary/aromatic N) is 3. The van der Waals surface area contributed by atoms with Crippen LogP contribution in [-0.2, 0) is 16.0 Å². The topological polar surface area (TPSA) is 73.7 Å². The van der Waals surface area contributed by atoms with E-state index in [1.165, 1.54) is 0 Å². The summed E-state index contributed by atoms with van der Waals surface area (Å²) in [6.07, 6.45) is 3.12. The first-order valence-electron chi connectivity index (χ1n) is 11.7. The lowest BCUT2D eigenvalue weighted by Crippen LogP contribution is -2.51. The molecule has 2 fully saturated rings. The van der Waals surface area contributed by atoms with E-state index < -0.39 is 0 Å². The summed E-state index contributed by atoms with van der Waals surface area (Å²) in [5, 5.41) is 6.32. The highest BCUT2D eigenvalue weighted by molar-refractivity contribution is 6.30. The van der Waals surface area contributed by atoms with Crippen LogP contribution < -0.4 is 0 Å². The van der Waals surface area contributed by atoms with Gasteiger partial charge in [-0.1, -0.05) is 11.6 Å². The summed E-state index contributed by atoms with van der Waals surface area (Å²) in [5.41, 5.74) is 3.24. The maximum absolute atomic E-state index is 12.9. The lowest BCUT2D eigenvalue weighted by Gasteiger charge is -2.39. The molecule has 5 rings (SSSR count). The number of hydrogen-bond donors (Lipinski definition) is 0. The molecule has 178 valence electrons. The molecular weight excluding hydrogens is 454 g/mol. The van der Waals surface area contributed by atoms with E-state index in [1.807, 2.05) is 34.8 Å². The smallest absolute Gasteiger partial charge is 0.253 e. The fourth-order valence-corrected chi connectivity index (χ4v) is 4.82. The Kier molecular flexibility index (Phi) is 6.68. The number of likely N-dealkylation sites (tertiary alicyclic amines) is 1. The molecule has 2 aliphatic heterocycles. The molecule has 0 radical (unpaired) electrons. The van der Waals surface area contributed by atoms with Crippen molar-refractivity contribution in [2.24, 2.45) is 5.92 Å². The first-order valence-corrected chi connectivity index (χ1v) is 12.1. The minimum atomic E-state index is -0.00176. The molecule has 8 heteroatoms. The number of aryl methyl sites for hydroxylation is 1. The van der Waals surface area contributed by atoms with Crippen LogP contribution in [0.5, 0.6) is 0 Å². The third-order valence-corrected chi connectivity index (χ3v) is 6.92. The highest BCUT2D eigenvalue weighted by atomic mass is 35.5. The summed E-state index contributed by atoms with van der Waals surface area (Å²) < 4.78 is 13.0. The largest absolute Gasteiger partial charge is 0.376 e. The SMILES string of the molecule is Cc1c(C(=O)CCC2COCCO2)ccc2nn(CC3CN(C(=O)c4ccc(Cl)cc4)C3)cc12. The summed E-state index contributed by atoms with van der Waals surface area (Å²) >= 11 is 5.91. The van der Waals surface area contributed by atoms with Crippen molar-refractivity contribution < 1.29 is 19.1 Å². The van der Waals surface area contributed by atoms with Crippen LogP contribution in [0.4, 0.5) is 0 Å². The second-order valence-corrected chi connectivity index (χ2v) is 9.57. The van der Waals surface area contributed by atoms with E-state index >= 15 is 0 Å². The first kappa shape index (κ1) is 23.0. The maximum Gasteiger partial charge on any atom is 0.253 e. The van der Waals surface area contributed by atoms with E-state index in [1.54, 1.807) is 24.3 Å². The number of carbonyl (C=O) groups excluding carboxylic acids is 2. The quantitative estimate of drug-likeness (QED) is 0.474. The van der Waals surface area contributed by atoms with E-state index in [0.29, 0.717) is 62.3 Å². The van der Waals surface area contributed by atoms with Gasteiger partial charge in [0.2, 0.25) is 0 Å². The number of halogens is 1. The van der Waals surface area contributed by atoms with Crippen molar-refractivity contribution in [3.63, 3.8) is 0 Å². The third kappa shape index (κ3) is 4.87. The zero-order chi connectivity index (χ0) is 23.7. The monoisotopic (exact) mass is 481 g/mol. The highest BCUT2D eigenvalue weighted by Gasteiger charge is 2.31. The van der Waals surface area contributed by atoms with Crippen molar-refractivity contribution in [3.05, 3.63) is 64.3 Å². The number of ether oxygens (including phenoxy) is 2. The summed E-state index contributed by atoms with van der Waals surface area (Å²) in [7, 11) is 0. The van der Waals surface area contributed by atoms with Gasteiger partial charge in [-0.15, -0.1) is 0 Å². The van der Waals surface area contributed by atoms with Gasteiger partial charge in [0.1, 0.15) is 0 Å². The molecule has 1 atom stereocenters. The Morgan fingerprint density at radius 3 is 2.65 bits per heavy atom. The molecule has 0 N–H and O–H groups in total. The Morgan fingerprint density at radius 1 is 1.12 bits per heavy atom. The molecule has 0 spiro atoms. The standard InChI is InChI=1S/C26H28ClN3O4/c1-17-22(25(31)9-6-21-16-33-10-11-34-21)7-8-24-23(17)15-30(28-24)14-18-12-29(13-18)26(32)19-2-4-20(27)5-3-19/h2-5,7-8,15,18,21H,6,9-14,16H2,1H3. The van der Waals surface area contributed by atoms with Gasteiger partial charge in [0, 0.05) is 59.7 Å². The Morgan fingerprint density at radius 2 is 1.91 bits per heavy atom. The number of ketones is 1. The number of rotatable bonds is 7. The normalized spacial score (nSPS) is 18.8. The first-order chi connectivity index (χ1) is 16.5. The molecule has 1 unspecified atom stereocenters. The van der Waals surface area contributed by atoms with Gasteiger partial charge in [-0.25, -0.2) is 0 Å². The van der Waals surface area contributed by atoms with Gasteiger partial charge in [0.25, 0.3) is 5.91 Å². The maximum atomic E-state index is 12.9. The van der Waals surface area contributed by atoms with Crippen LogP contribution in [0, 0.1) is 12.8 Å². The molecule has 34 heavy (non-hydrogen) atoms. The third-order valence-electron chi connectivity index (χ3n) is 6.67. The predicted molar refractivity (Wildman–Crippen MR) is 129 cm³/mol. The zero-order valence-electron chi connectivity index (χ0n) is 19.2. The second kappa shape index (κ2) is 9.86. The molecule has 3 aromatic rings. The molecule has 2 aromatic carbocycles. The Bertz CT molecular complexity index is 1190. The number of Topliss-reactive ketones (excluding diaryl/α,β-unsaturated/α-hetero) is 1.